The number of carboxylic acids is 1. The van der Waals surface area contributed by atoms with Gasteiger partial charge in [0.25, 0.3) is 6.43 Å². The van der Waals surface area contributed by atoms with Gasteiger partial charge in [-0.3, -0.25) is 0 Å². The van der Waals surface area contributed by atoms with Crippen LogP contribution in [0, 0.1) is 0 Å². The summed E-state index contributed by atoms with van der Waals surface area (Å²) in [4.78, 5) is 10.7. The maximum Gasteiger partial charge on any atom is 0.328 e. The molecule has 0 aliphatic rings. The van der Waals surface area contributed by atoms with Crippen molar-refractivity contribution < 1.29 is 27.8 Å². The topological polar surface area (TPSA) is 46.5 Å². The molecule has 0 aliphatic carbocycles. The first-order valence-corrected chi connectivity index (χ1v) is 10.1. The zero-order chi connectivity index (χ0) is 24.1. The fraction of sp³-hybridized carbons (Fsp3) is 0.480. The highest BCUT2D eigenvalue weighted by Crippen LogP contribution is 2.41. The molecule has 0 saturated heterocycles. The Morgan fingerprint density at radius 3 is 2.10 bits per heavy atom. The van der Waals surface area contributed by atoms with E-state index in [1.165, 1.54) is 19.1 Å². The Labute approximate surface area is 183 Å². The standard InChI is InChI=1S/C25H33F3O3/c1-15(9-10-20(26)16(2)11-22(29)30)18-12-17(24(3,4)5)13-19(25(6,7)8)23(18)31-14-21(27)28/h9-13,21H,14H2,1-8H3,(H,29,30)/b15-9+,16-11+,20-10-. The lowest BCUT2D eigenvalue weighted by molar-refractivity contribution is -0.131. The number of carboxylic acid groups (broad SMARTS) is 1. The first-order chi connectivity index (χ1) is 14.0. The van der Waals surface area contributed by atoms with Gasteiger partial charge in [-0.2, -0.15) is 0 Å². The summed E-state index contributed by atoms with van der Waals surface area (Å²) in [6.45, 7) is 14.4. The Morgan fingerprint density at radius 2 is 1.65 bits per heavy atom. The van der Waals surface area contributed by atoms with Crippen LogP contribution in [0.2, 0.25) is 0 Å². The van der Waals surface area contributed by atoms with Crippen LogP contribution < -0.4 is 4.74 Å². The Hall–Kier alpha value is -2.50. The summed E-state index contributed by atoms with van der Waals surface area (Å²) >= 11 is 0. The van der Waals surface area contributed by atoms with Crippen molar-refractivity contribution in [3.05, 3.63) is 58.5 Å². The number of carbonyl (C=O) groups is 1. The van der Waals surface area contributed by atoms with Gasteiger partial charge in [-0.25, -0.2) is 18.0 Å². The van der Waals surface area contributed by atoms with Crippen LogP contribution in [0.5, 0.6) is 5.75 Å². The van der Waals surface area contributed by atoms with Gasteiger partial charge in [-0.1, -0.05) is 53.7 Å². The summed E-state index contributed by atoms with van der Waals surface area (Å²) in [5, 5.41) is 8.78. The summed E-state index contributed by atoms with van der Waals surface area (Å²) in [5.74, 6) is -1.59. The molecule has 0 aliphatic heterocycles. The minimum absolute atomic E-state index is 0.0236. The second-order valence-electron chi connectivity index (χ2n) is 9.63. The van der Waals surface area contributed by atoms with E-state index in [9.17, 15) is 18.0 Å². The summed E-state index contributed by atoms with van der Waals surface area (Å²) in [6, 6.07) is 3.86. The third-order valence-corrected chi connectivity index (χ3v) is 4.74. The van der Waals surface area contributed by atoms with Crippen LogP contribution in [-0.4, -0.2) is 24.1 Å². The van der Waals surface area contributed by atoms with E-state index in [0.29, 0.717) is 16.9 Å². The van der Waals surface area contributed by atoms with Gasteiger partial charge in [0.2, 0.25) is 0 Å². The maximum absolute atomic E-state index is 14.3. The summed E-state index contributed by atoms with van der Waals surface area (Å²) in [6.07, 6.45) is 0.817. The molecule has 0 radical (unpaired) electrons. The minimum atomic E-state index is -2.63. The van der Waals surface area contributed by atoms with E-state index in [0.717, 1.165) is 17.2 Å². The number of hydrogen-bond donors (Lipinski definition) is 1. The van der Waals surface area contributed by atoms with Crippen molar-refractivity contribution >= 4 is 11.5 Å². The van der Waals surface area contributed by atoms with Gasteiger partial charge < -0.3 is 9.84 Å². The van der Waals surface area contributed by atoms with Crippen molar-refractivity contribution in [2.75, 3.05) is 6.61 Å². The predicted octanol–water partition coefficient (Wildman–Crippen LogP) is 7.21. The molecule has 1 aromatic carbocycles. The van der Waals surface area contributed by atoms with E-state index in [1.807, 2.05) is 32.9 Å². The molecule has 0 amide bonds. The second kappa shape index (κ2) is 10.2. The second-order valence-corrected chi connectivity index (χ2v) is 9.63. The molecule has 0 unspecified atom stereocenters. The molecule has 0 fully saturated rings. The van der Waals surface area contributed by atoms with Crippen LogP contribution in [-0.2, 0) is 15.6 Å². The third-order valence-electron chi connectivity index (χ3n) is 4.74. The van der Waals surface area contributed by atoms with Crippen molar-refractivity contribution in [1.82, 2.24) is 0 Å². The highest BCUT2D eigenvalue weighted by Gasteiger charge is 2.27. The third kappa shape index (κ3) is 7.93. The Bertz CT molecular complexity index is 896. The Balaban J connectivity index is 3.72. The molecule has 172 valence electrons. The van der Waals surface area contributed by atoms with Crippen molar-refractivity contribution in [3.63, 3.8) is 0 Å². The molecule has 0 saturated carbocycles. The summed E-state index contributed by atoms with van der Waals surface area (Å²) in [7, 11) is 0. The Morgan fingerprint density at radius 1 is 1.06 bits per heavy atom. The van der Waals surface area contributed by atoms with Gasteiger partial charge in [0.05, 0.1) is 0 Å². The molecule has 0 atom stereocenters. The molecule has 6 heteroatoms. The molecule has 0 aromatic heterocycles. The summed E-state index contributed by atoms with van der Waals surface area (Å²) < 4.78 is 45.7. The molecule has 1 rings (SSSR count). The van der Waals surface area contributed by atoms with Crippen LogP contribution in [0.3, 0.4) is 0 Å². The zero-order valence-corrected chi connectivity index (χ0v) is 19.6. The largest absolute Gasteiger partial charge is 0.487 e. The lowest BCUT2D eigenvalue weighted by Crippen LogP contribution is -2.20. The van der Waals surface area contributed by atoms with Crippen LogP contribution in [0.25, 0.3) is 5.57 Å². The molecule has 0 bridgehead atoms. The Kier molecular flexibility index (Phi) is 8.74. The average Bonchev–Trinajstić information content (AvgIpc) is 2.61. The highest BCUT2D eigenvalue weighted by atomic mass is 19.3. The zero-order valence-electron chi connectivity index (χ0n) is 19.6. The SMILES string of the molecule is CC(=C\C(=O)O)/C(F)=C/C=C(\C)c1cc(C(C)(C)C)cc(C(C)(C)C)c1OCC(F)F. The van der Waals surface area contributed by atoms with Crippen LogP contribution in [0.1, 0.15) is 72.1 Å². The van der Waals surface area contributed by atoms with Gasteiger partial charge in [-0.05, 0) is 53.5 Å². The molecule has 1 aromatic rings. The smallest absolute Gasteiger partial charge is 0.328 e. The van der Waals surface area contributed by atoms with Gasteiger partial charge in [0, 0.05) is 17.2 Å². The van der Waals surface area contributed by atoms with Gasteiger partial charge >= 0.3 is 5.97 Å². The average molecular weight is 439 g/mol. The van der Waals surface area contributed by atoms with Crippen molar-refractivity contribution in [2.24, 2.45) is 0 Å². The van der Waals surface area contributed by atoms with Crippen molar-refractivity contribution in [3.8, 4) is 5.75 Å². The lowest BCUT2D eigenvalue weighted by Gasteiger charge is -2.29. The van der Waals surface area contributed by atoms with Crippen molar-refractivity contribution in [1.29, 1.82) is 0 Å². The van der Waals surface area contributed by atoms with E-state index in [-0.39, 0.29) is 16.4 Å². The summed E-state index contributed by atoms with van der Waals surface area (Å²) in [5.41, 5.74) is 2.38. The number of allylic oxidation sites excluding steroid dienone is 5. The maximum atomic E-state index is 14.3. The molecule has 0 heterocycles. The number of aliphatic carboxylic acids is 1. The number of alkyl halides is 2. The van der Waals surface area contributed by atoms with Gasteiger partial charge in [0.1, 0.15) is 18.2 Å². The minimum Gasteiger partial charge on any atom is -0.487 e. The first-order valence-electron chi connectivity index (χ1n) is 10.1. The van der Waals surface area contributed by atoms with E-state index in [1.54, 1.807) is 6.92 Å². The van der Waals surface area contributed by atoms with Crippen LogP contribution in [0.15, 0.2) is 41.8 Å². The molecule has 0 spiro atoms. The van der Waals surface area contributed by atoms with Crippen LogP contribution in [0.4, 0.5) is 13.2 Å². The van der Waals surface area contributed by atoms with Gasteiger partial charge in [0.15, 0.2) is 0 Å². The number of hydrogen-bond acceptors (Lipinski definition) is 2. The quantitative estimate of drug-likeness (QED) is 0.361. The van der Waals surface area contributed by atoms with E-state index in [4.69, 9.17) is 9.84 Å². The molecule has 1 N–H and O–H groups in total. The van der Waals surface area contributed by atoms with Crippen LogP contribution >= 0.6 is 0 Å². The fourth-order valence-electron chi connectivity index (χ4n) is 2.89. The number of halogens is 3. The number of rotatable bonds is 7. The lowest BCUT2D eigenvalue weighted by atomic mass is 9.78. The van der Waals surface area contributed by atoms with E-state index in [2.05, 4.69) is 20.8 Å². The highest BCUT2D eigenvalue weighted by molar-refractivity contribution is 5.81. The molecular formula is C25H33F3O3. The predicted molar refractivity (Wildman–Crippen MR) is 120 cm³/mol. The van der Waals surface area contributed by atoms with Gasteiger partial charge in [-0.15, -0.1) is 0 Å². The number of benzene rings is 1. The first kappa shape index (κ1) is 26.5. The molecular weight excluding hydrogens is 405 g/mol. The van der Waals surface area contributed by atoms with Crippen molar-refractivity contribution in [2.45, 2.75) is 72.6 Å². The molecule has 31 heavy (non-hydrogen) atoms. The van der Waals surface area contributed by atoms with E-state index < -0.39 is 24.8 Å². The fourth-order valence-corrected chi connectivity index (χ4v) is 2.89. The normalized spacial score (nSPS) is 14.3. The number of ether oxygens (including phenoxy) is 1. The molecule has 3 nitrogen and oxygen atoms in total. The monoisotopic (exact) mass is 438 g/mol. The van der Waals surface area contributed by atoms with E-state index >= 15 is 0 Å².